The first kappa shape index (κ1) is 9.78. The number of nitrogen functional groups attached to an aromatic ring is 1. The van der Waals surface area contributed by atoms with Crippen LogP contribution in [0.15, 0.2) is 12.1 Å². The topological polar surface area (TPSA) is 38.9 Å². The number of nitrogens with two attached hydrogens (primary N) is 1. The molecule has 1 aromatic heterocycles. The van der Waals surface area contributed by atoms with E-state index in [4.69, 9.17) is 17.3 Å². The van der Waals surface area contributed by atoms with Crippen molar-refractivity contribution in [1.29, 1.82) is 0 Å². The second-order valence-electron chi connectivity index (χ2n) is 3.98. The van der Waals surface area contributed by atoms with E-state index in [0.717, 1.165) is 11.4 Å². The summed E-state index contributed by atoms with van der Waals surface area (Å²) in [5.41, 5.74) is 7.55. The maximum atomic E-state index is 5.88. The second-order valence-corrected chi connectivity index (χ2v) is 4.37. The van der Waals surface area contributed by atoms with Crippen LogP contribution in [-0.4, -0.2) is 4.98 Å². The van der Waals surface area contributed by atoms with Gasteiger partial charge in [0.05, 0.1) is 0 Å². The van der Waals surface area contributed by atoms with Gasteiger partial charge in [-0.25, -0.2) is 4.98 Å². The Morgan fingerprint density at radius 2 is 1.93 bits per heavy atom. The molecule has 0 atom stereocenters. The van der Waals surface area contributed by atoms with Crippen molar-refractivity contribution in [2.75, 3.05) is 5.73 Å². The zero-order valence-corrected chi connectivity index (χ0v) is 8.93. The number of pyridine rings is 1. The van der Waals surface area contributed by atoms with Crippen molar-refractivity contribution in [3.8, 4) is 0 Å². The van der Waals surface area contributed by atoms with E-state index in [1.54, 1.807) is 6.07 Å². The van der Waals surface area contributed by atoms with Gasteiger partial charge < -0.3 is 5.73 Å². The van der Waals surface area contributed by atoms with E-state index < -0.39 is 0 Å². The van der Waals surface area contributed by atoms with Crippen LogP contribution in [-0.2, 0) is 0 Å². The molecule has 76 valence electrons. The van der Waals surface area contributed by atoms with E-state index in [9.17, 15) is 0 Å². The molecule has 0 aliphatic heterocycles. The number of aromatic nitrogens is 1. The highest BCUT2D eigenvalue weighted by Gasteiger charge is 2.17. The molecule has 2 rings (SSSR count). The van der Waals surface area contributed by atoms with Gasteiger partial charge in [-0.1, -0.05) is 30.9 Å². The van der Waals surface area contributed by atoms with E-state index in [2.05, 4.69) is 4.98 Å². The molecule has 1 fully saturated rings. The summed E-state index contributed by atoms with van der Waals surface area (Å²) >= 11 is 5.88. The van der Waals surface area contributed by atoms with Gasteiger partial charge >= 0.3 is 0 Å². The summed E-state index contributed by atoms with van der Waals surface area (Å²) in [4.78, 5) is 4.34. The Balaban J connectivity index is 2.21. The Morgan fingerprint density at radius 3 is 2.57 bits per heavy atom. The Bertz CT molecular complexity index is 299. The average molecular weight is 211 g/mol. The van der Waals surface area contributed by atoms with Gasteiger partial charge in [-0.2, -0.15) is 0 Å². The van der Waals surface area contributed by atoms with Crippen LogP contribution in [0, 0.1) is 0 Å². The average Bonchev–Trinajstić information content (AvgIpc) is 2.18. The SMILES string of the molecule is Nc1cc(Cl)nc(C2CCCCC2)c1. The first-order valence-electron chi connectivity index (χ1n) is 5.18. The quantitative estimate of drug-likeness (QED) is 0.722. The molecule has 0 unspecified atom stereocenters. The number of anilines is 1. The van der Waals surface area contributed by atoms with Gasteiger partial charge in [0, 0.05) is 17.3 Å². The normalized spacial score (nSPS) is 18.4. The summed E-state index contributed by atoms with van der Waals surface area (Å²) < 4.78 is 0. The maximum Gasteiger partial charge on any atom is 0.131 e. The van der Waals surface area contributed by atoms with Gasteiger partial charge in [0.25, 0.3) is 0 Å². The molecule has 0 spiro atoms. The van der Waals surface area contributed by atoms with Crippen LogP contribution >= 0.6 is 11.6 Å². The molecule has 14 heavy (non-hydrogen) atoms. The van der Waals surface area contributed by atoms with E-state index in [1.807, 2.05) is 6.07 Å². The molecule has 0 amide bonds. The molecule has 1 heterocycles. The number of hydrogen-bond donors (Lipinski definition) is 1. The monoisotopic (exact) mass is 210 g/mol. The van der Waals surface area contributed by atoms with Crippen molar-refractivity contribution < 1.29 is 0 Å². The molecule has 2 nitrogen and oxygen atoms in total. The Morgan fingerprint density at radius 1 is 1.21 bits per heavy atom. The van der Waals surface area contributed by atoms with Crippen LogP contribution in [0.3, 0.4) is 0 Å². The third-order valence-corrected chi connectivity index (χ3v) is 3.05. The molecule has 1 aliphatic rings. The number of halogens is 1. The summed E-state index contributed by atoms with van der Waals surface area (Å²) in [6.07, 6.45) is 6.42. The zero-order valence-electron chi connectivity index (χ0n) is 8.17. The molecule has 0 radical (unpaired) electrons. The molecule has 0 bridgehead atoms. The molecule has 0 saturated heterocycles. The predicted octanol–water partition coefficient (Wildman–Crippen LogP) is 3.36. The van der Waals surface area contributed by atoms with Crippen molar-refractivity contribution in [2.24, 2.45) is 0 Å². The van der Waals surface area contributed by atoms with Crippen molar-refractivity contribution in [3.63, 3.8) is 0 Å². The third-order valence-electron chi connectivity index (χ3n) is 2.86. The minimum absolute atomic E-state index is 0.519. The predicted molar refractivity (Wildman–Crippen MR) is 59.5 cm³/mol. The minimum atomic E-state index is 0.519. The van der Waals surface area contributed by atoms with Crippen LogP contribution in [0.4, 0.5) is 5.69 Å². The second kappa shape index (κ2) is 4.18. The van der Waals surface area contributed by atoms with Crippen molar-refractivity contribution in [3.05, 3.63) is 23.0 Å². The van der Waals surface area contributed by atoms with E-state index >= 15 is 0 Å². The Hall–Kier alpha value is -0.760. The Kier molecular flexibility index (Phi) is 2.92. The fourth-order valence-corrected chi connectivity index (χ4v) is 2.37. The molecule has 1 aromatic rings. The molecular weight excluding hydrogens is 196 g/mol. The maximum absolute atomic E-state index is 5.88. The van der Waals surface area contributed by atoms with Gasteiger partial charge in [0.1, 0.15) is 5.15 Å². The van der Waals surface area contributed by atoms with Gasteiger partial charge in [0.15, 0.2) is 0 Å². The fourth-order valence-electron chi connectivity index (χ4n) is 2.15. The lowest BCUT2D eigenvalue weighted by Gasteiger charge is -2.21. The largest absolute Gasteiger partial charge is 0.399 e. The van der Waals surface area contributed by atoms with Crippen LogP contribution in [0.25, 0.3) is 0 Å². The van der Waals surface area contributed by atoms with Gasteiger partial charge in [-0.15, -0.1) is 0 Å². The highest BCUT2D eigenvalue weighted by atomic mass is 35.5. The summed E-state index contributed by atoms with van der Waals surface area (Å²) in [6, 6.07) is 3.66. The van der Waals surface area contributed by atoms with Crippen LogP contribution in [0.5, 0.6) is 0 Å². The molecule has 0 aromatic carbocycles. The minimum Gasteiger partial charge on any atom is -0.399 e. The number of nitrogens with zero attached hydrogens (tertiary/aromatic N) is 1. The van der Waals surface area contributed by atoms with Gasteiger partial charge in [-0.3, -0.25) is 0 Å². The Labute approximate surface area is 89.5 Å². The lowest BCUT2D eigenvalue weighted by atomic mass is 9.86. The highest BCUT2D eigenvalue weighted by Crippen LogP contribution is 2.32. The van der Waals surface area contributed by atoms with Crippen molar-refractivity contribution >= 4 is 17.3 Å². The van der Waals surface area contributed by atoms with Crippen LogP contribution < -0.4 is 5.73 Å². The van der Waals surface area contributed by atoms with Gasteiger partial charge in [0.2, 0.25) is 0 Å². The lowest BCUT2D eigenvalue weighted by Crippen LogP contribution is -2.07. The molecule has 1 aliphatic carbocycles. The van der Waals surface area contributed by atoms with E-state index in [0.29, 0.717) is 11.1 Å². The highest BCUT2D eigenvalue weighted by molar-refractivity contribution is 6.29. The van der Waals surface area contributed by atoms with E-state index in [-0.39, 0.29) is 0 Å². The number of hydrogen-bond acceptors (Lipinski definition) is 2. The summed E-state index contributed by atoms with van der Waals surface area (Å²) in [5.74, 6) is 0.574. The summed E-state index contributed by atoms with van der Waals surface area (Å²) in [5, 5.41) is 0.519. The number of rotatable bonds is 1. The molecule has 1 saturated carbocycles. The smallest absolute Gasteiger partial charge is 0.131 e. The van der Waals surface area contributed by atoms with Crippen molar-refractivity contribution in [1.82, 2.24) is 4.98 Å². The summed E-state index contributed by atoms with van der Waals surface area (Å²) in [7, 11) is 0. The van der Waals surface area contributed by atoms with Crippen LogP contribution in [0.1, 0.15) is 43.7 Å². The summed E-state index contributed by atoms with van der Waals surface area (Å²) in [6.45, 7) is 0. The van der Waals surface area contributed by atoms with E-state index in [1.165, 1.54) is 32.1 Å². The fraction of sp³-hybridized carbons (Fsp3) is 0.545. The first-order valence-corrected chi connectivity index (χ1v) is 5.56. The van der Waals surface area contributed by atoms with Crippen molar-refractivity contribution in [2.45, 2.75) is 38.0 Å². The van der Waals surface area contributed by atoms with Gasteiger partial charge in [-0.05, 0) is 25.0 Å². The zero-order chi connectivity index (χ0) is 9.97. The lowest BCUT2D eigenvalue weighted by molar-refractivity contribution is 0.437. The molecule has 2 N–H and O–H groups in total. The molecular formula is C11H15ClN2. The third kappa shape index (κ3) is 2.18. The van der Waals surface area contributed by atoms with Crippen LogP contribution in [0.2, 0.25) is 5.15 Å². The standard InChI is InChI=1S/C11H15ClN2/c12-11-7-9(13)6-10(14-11)8-4-2-1-3-5-8/h6-8H,1-5H2,(H2,13,14). The first-order chi connectivity index (χ1) is 6.75. The molecule has 3 heteroatoms.